The van der Waals surface area contributed by atoms with Crippen LogP contribution in [0.3, 0.4) is 0 Å². The smallest absolute Gasteiger partial charge is 0.224 e. The fraction of sp³-hybridized carbons (Fsp3) is 0.345. The summed E-state index contributed by atoms with van der Waals surface area (Å²) in [6.45, 7) is 4.38. The molecule has 35 heavy (non-hydrogen) atoms. The molecule has 0 aromatic heterocycles. The molecule has 6 heteroatoms. The van der Waals surface area contributed by atoms with Crippen LogP contribution < -0.4 is 14.8 Å². The van der Waals surface area contributed by atoms with Crippen LogP contribution in [-0.4, -0.2) is 38.1 Å². The van der Waals surface area contributed by atoms with E-state index in [0.717, 1.165) is 41.2 Å². The summed E-state index contributed by atoms with van der Waals surface area (Å²) in [5.74, 6) is 1.27. The number of nitrogens with one attached hydrogen (secondary N) is 1. The zero-order valence-electron chi connectivity index (χ0n) is 20.6. The number of nitrogens with zero attached hydrogens (tertiary/aromatic N) is 1. The third-order valence-corrected chi connectivity index (χ3v) is 6.68. The Hall–Kier alpha value is -3.38. The first kappa shape index (κ1) is 24.7. The van der Waals surface area contributed by atoms with E-state index >= 15 is 0 Å². The summed E-state index contributed by atoms with van der Waals surface area (Å²) in [7, 11) is 3.28. The number of carbonyl (C=O) groups excluding carboxylic acids is 1. The number of piperidine rings is 1. The summed E-state index contributed by atoms with van der Waals surface area (Å²) in [5.41, 5.74) is 3.82. The minimum Gasteiger partial charge on any atom is -0.497 e. The predicted molar refractivity (Wildman–Crippen MR) is 135 cm³/mol. The Morgan fingerprint density at radius 2 is 1.69 bits per heavy atom. The molecule has 0 spiro atoms. The number of likely N-dealkylation sites (tertiary alicyclic amines) is 1. The molecule has 1 aliphatic rings. The number of rotatable bonds is 8. The molecule has 3 aromatic carbocycles. The summed E-state index contributed by atoms with van der Waals surface area (Å²) in [5, 5.41) is 3.12. The van der Waals surface area contributed by atoms with E-state index in [1.807, 2.05) is 60.7 Å². The van der Waals surface area contributed by atoms with Gasteiger partial charge in [0.2, 0.25) is 5.91 Å². The molecular weight excluding hydrogens is 443 g/mol. The molecule has 0 aliphatic carbocycles. The van der Waals surface area contributed by atoms with Crippen molar-refractivity contribution in [2.75, 3.05) is 27.3 Å². The molecule has 2 unspecified atom stereocenters. The third kappa shape index (κ3) is 6.40. The molecule has 184 valence electrons. The monoisotopic (exact) mass is 476 g/mol. The maximum atomic E-state index is 13.9. The fourth-order valence-corrected chi connectivity index (χ4v) is 4.82. The van der Waals surface area contributed by atoms with Crippen molar-refractivity contribution in [3.05, 3.63) is 94.8 Å². The van der Waals surface area contributed by atoms with Crippen molar-refractivity contribution < 1.29 is 18.7 Å². The standard InChI is InChI=1S/C29H33FN2O3/c1-20-11-23(9-10-28(20)30)24-14-25(29(33)31-16-21-7-5-4-6-8-21)19-32(18-24)17-22-12-26(34-2)15-27(13-22)35-3/h4-13,15,24-25H,14,16-19H2,1-3H3,(H,31,33). The lowest BCUT2D eigenvalue weighted by Crippen LogP contribution is -2.45. The van der Waals surface area contributed by atoms with Gasteiger partial charge in [-0.3, -0.25) is 9.69 Å². The van der Waals surface area contributed by atoms with Gasteiger partial charge in [0.05, 0.1) is 20.1 Å². The first-order valence-electron chi connectivity index (χ1n) is 12.0. The Bertz CT molecular complexity index is 1130. The number of carbonyl (C=O) groups is 1. The lowest BCUT2D eigenvalue weighted by molar-refractivity contribution is -0.127. The van der Waals surface area contributed by atoms with Crippen LogP contribution in [0, 0.1) is 18.7 Å². The van der Waals surface area contributed by atoms with Crippen LogP contribution in [0.1, 0.15) is 34.6 Å². The van der Waals surface area contributed by atoms with Crippen molar-refractivity contribution in [3.63, 3.8) is 0 Å². The fourth-order valence-electron chi connectivity index (χ4n) is 4.82. The number of halogens is 1. The number of benzene rings is 3. The SMILES string of the molecule is COc1cc(CN2CC(C(=O)NCc3ccccc3)CC(c3ccc(F)c(C)c3)C2)cc(OC)c1. The second kappa shape index (κ2) is 11.4. The van der Waals surface area contributed by atoms with Crippen molar-refractivity contribution in [2.45, 2.75) is 32.4 Å². The van der Waals surface area contributed by atoms with Crippen LogP contribution in [-0.2, 0) is 17.9 Å². The van der Waals surface area contributed by atoms with E-state index in [0.29, 0.717) is 25.2 Å². The van der Waals surface area contributed by atoms with Gasteiger partial charge in [0.25, 0.3) is 0 Å². The minimum atomic E-state index is -0.206. The lowest BCUT2D eigenvalue weighted by atomic mass is 9.83. The molecule has 5 nitrogen and oxygen atoms in total. The van der Waals surface area contributed by atoms with Crippen molar-refractivity contribution in [1.29, 1.82) is 0 Å². The summed E-state index contributed by atoms with van der Waals surface area (Å²) >= 11 is 0. The van der Waals surface area contributed by atoms with Crippen LogP contribution in [0.25, 0.3) is 0 Å². The molecule has 0 saturated carbocycles. The summed E-state index contributed by atoms with van der Waals surface area (Å²) in [6, 6.07) is 21.1. The normalized spacial score (nSPS) is 18.2. The highest BCUT2D eigenvalue weighted by atomic mass is 19.1. The van der Waals surface area contributed by atoms with Crippen LogP contribution in [0.5, 0.6) is 11.5 Å². The maximum Gasteiger partial charge on any atom is 0.224 e. The van der Waals surface area contributed by atoms with E-state index in [2.05, 4.69) is 10.2 Å². The summed E-state index contributed by atoms with van der Waals surface area (Å²) in [4.78, 5) is 15.5. The largest absolute Gasteiger partial charge is 0.497 e. The molecule has 3 aromatic rings. The molecule has 1 amide bonds. The lowest BCUT2D eigenvalue weighted by Gasteiger charge is -2.37. The highest BCUT2D eigenvalue weighted by Crippen LogP contribution is 2.33. The molecule has 4 rings (SSSR count). The van der Waals surface area contributed by atoms with Crippen LogP contribution in [0.2, 0.25) is 0 Å². The molecule has 1 heterocycles. The van der Waals surface area contributed by atoms with E-state index in [4.69, 9.17) is 9.47 Å². The number of hydrogen-bond donors (Lipinski definition) is 1. The Morgan fingerprint density at radius 3 is 2.34 bits per heavy atom. The van der Waals surface area contributed by atoms with Gasteiger partial charge in [-0.1, -0.05) is 42.5 Å². The minimum absolute atomic E-state index is 0.0469. The number of hydrogen-bond acceptors (Lipinski definition) is 4. The Labute approximate surface area is 206 Å². The number of methoxy groups -OCH3 is 2. The number of ether oxygens (including phenoxy) is 2. The van der Waals surface area contributed by atoms with E-state index in [-0.39, 0.29) is 23.6 Å². The Morgan fingerprint density at radius 1 is 0.971 bits per heavy atom. The van der Waals surface area contributed by atoms with E-state index in [9.17, 15) is 9.18 Å². The van der Waals surface area contributed by atoms with Gasteiger partial charge in [0.15, 0.2) is 0 Å². The molecule has 1 saturated heterocycles. The van der Waals surface area contributed by atoms with Gasteiger partial charge in [-0.2, -0.15) is 0 Å². The first-order chi connectivity index (χ1) is 16.9. The van der Waals surface area contributed by atoms with Gasteiger partial charge in [-0.05, 0) is 59.7 Å². The van der Waals surface area contributed by atoms with E-state index in [1.165, 1.54) is 6.07 Å². The van der Waals surface area contributed by atoms with Gasteiger partial charge in [-0.25, -0.2) is 4.39 Å². The van der Waals surface area contributed by atoms with Gasteiger partial charge in [0.1, 0.15) is 17.3 Å². The van der Waals surface area contributed by atoms with E-state index in [1.54, 1.807) is 21.1 Å². The second-order valence-electron chi connectivity index (χ2n) is 9.26. The molecule has 1 fully saturated rings. The van der Waals surface area contributed by atoms with Crippen LogP contribution >= 0.6 is 0 Å². The van der Waals surface area contributed by atoms with E-state index < -0.39 is 0 Å². The summed E-state index contributed by atoms with van der Waals surface area (Å²) in [6.07, 6.45) is 0.726. The Balaban J connectivity index is 1.54. The zero-order chi connectivity index (χ0) is 24.8. The number of aryl methyl sites for hydroxylation is 1. The zero-order valence-corrected chi connectivity index (χ0v) is 20.6. The van der Waals surface area contributed by atoms with Gasteiger partial charge in [0, 0.05) is 32.2 Å². The first-order valence-corrected chi connectivity index (χ1v) is 12.0. The van der Waals surface area contributed by atoms with Crippen LogP contribution in [0.15, 0.2) is 66.7 Å². The molecule has 1 N–H and O–H groups in total. The average molecular weight is 477 g/mol. The molecule has 0 radical (unpaired) electrons. The van der Waals surface area contributed by atoms with Crippen molar-refractivity contribution in [2.24, 2.45) is 5.92 Å². The quantitative estimate of drug-likeness (QED) is 0.493. The average Bonchev–Trinajstić information content (AvgIpc) is 2.89. The highest BCUT2D eigenvalue weighted by Gasteiger charge is 2.32. The van der Waals surface area contributed by atoms with Gasteiger partial charge < -0.3 is 14.8 Å². The highest BCUT2D eigenvalue weighted by molar-refractivity contribution is 5.79. The predicted octanol–water partition coefficient (Wildman–Crippen LogP) is 5.07. The van der Waals surface area contributed by atoms with Crippen molar-refractivity contribution >= 4 is 5.91 Å². The third-order valence-electron chi connectivity index (χ3n) is 6.68. The molecule has 1 aliphatic heterocycles. The molecule has 2 atom stereocenters. The number of amides is 1. The van der Waals surface area contributed by atoms with Gasteiger partial charge in [-0.15, -0.1) is 0 Å². The Kier molecular flexibility index (Phi) is 8.03. The second-order valence-corrected chi connectivity index (χ2v) is 9.26. The van der Waals surface area contributed by atoms with Gasteiger partial charge >= 0.3 is 0 Å². The van der Waals surface area contributed by atoms with Crippen molar-refractivity contribution in [3.8, 4) is 11.5 Å². The molecule has 0 bridgehead atoms. The molecular formula is C29H33FN2O3. The topological polar surface area (TPSA) is 50.8 Å². The summed E-state index contributed by atoms with van der Waals surface area (Å²) < 4.78 is 24.8. The van der Waals surface area contributed by atoms with Crippen LogP contribution in [0.4, 0.5) is 4.39 Å². The maximum absolute atomic E-state index is 13.9. The van der Waals surface area contributed by atoms with Crippen molar-refractivity contribution in [1.82, 2.24) is 10.2 Å².